The van der Waals surface area contributed by atoms with Crippen LogP contribution in [0.2, 0.25) is 0 Å². The fraction of sp³-hybridized carbons (Fsp3) is 0.188. The van der Waals surface area contributed by atoms with E-state index >= 15 is 0 Å². The van der Waals surface area contributed by atoms with Crippen molar-refractivity contribution in [3.05, 3.63) is 59.4 Å². The third kappa shape index (κ3) is 2.46. The van der Waals surface area contributed by atoms with Gasteiger partial charge < -0.3 is 10.3 Å². The normalized spacial score (nSPS) is 11.2. The molecule has 0 spiro atoms. The van der Waals surface area contributed by atoms with Crippen LogP contribution in [-0.4, -0.2) is 9.55 Å². The van der Waals surface area contributed by atoms with Crippen LogP contribution in [0.15, 0.2) is 36.4 Å². The van der Waals surface area contributed by atoms with Crippen LogP contribution in [0.5, 0.6) is 0 Å². The lowest BCUT2D eigenvalue weighted by Crippen LogP contribution is -2.04. The minimum atomic E-state index is -0.873. The van der Waals surface area contributed by atoms with Crippen molar-refractivity contribution in [2.45, 2.75) is 19.9 Å². The Morgan fingerprint density at radius 3 is 2.43 bits per heavy atom. The highest BCUT2D eigenvalue weighted by molar-refractivity contribution is 5.76. The number of fused-ring (bicyclic) bond motifs is 1. The summed E-state index contributed by atoms with van der Waals surface area (Å²) in [6.45, 7) is 2.51. The number of hydrogen-bond donors (Lipinski definition) is 1. The molecule has 3 nitrogen and oxygen atoms in total. The topological polar surface area (TPSA) is 43.8 Å². The van der Waals surface area contributed by atoms with Gasteiger partial charge in [0.15, 0.2) is 11.6 Å². The molecule has 5 heteroatoms. The van der Waals surface area contributed by atoms with Crippen molar-refractivity contribution in [2.75, 3.05) is 5.73 Å². The number of aryl methyl sites for hydroxylation is 1. The molecule has 0 bridgehead atoms. The van der Waals surface area contributed by atoms with Gasteiger partial charge in [-0.3, -0.25) is 0 Å². The van der Waals surface area contributed by atoms with Gasteiger partial charge in [-0.2, -0.15) is 0 Å². The van der Waals surface area contributed by atoms with Crippen LogP contribution in [0.4, 0.5) is 14.5 Å². The van der Waals surface area contributed by atoms with E-state index in [-0.39, 0.29) is 0 Å². The van der Waals surface area contributed by atoms with E-state index in [0.29, 0.717) is 29.7 Å². The summed E-state index contributed by atoms with van der Waals surface area (Å²) in [5.41, 5.74) is 8.47. The number of nitrogen functional groups attached to an aromatic ring is 1. The van der Waals surface area contributed by atoms with Crippen molar-refractivity contribution in [1.82, 2.24) is 9.55 Å². The summed E-state index contributed by atoms with van der Waals surface area (Å²) in [5, 5.41) is 0. The molecule has 21 heavy (non-hydrogen) atoms. The molecule has 0 unspecified atom stereocenters. The number of halogens is 2. The van der Waals surface area contributed by atoms with Crippen molar-refractivity contribution in [2.24, 2.45) is 0 Å². The average Bonchev–Trinajstić information content (AvgIpc) is 2.79. The van der Waals surface area contributed by atoms with E-state index < -0.39 is 11.6 Å². The van der Waals surface area contributed by atoms with Crippen molar-refractivity contribution >= 4 is 16.7 Å². The monoisotopic (exact) mass is 287 g/mol. The minimum absolute atomic E-state index is 0.473. The molecule has 0 saturated carbocycles. The quantitative estimate of drug-likeness (QED) is 0.749. The maximum Gasteiger partial charge on any atom is 0.161 e. The average molecular weight is 287 g/mol. The summed E-state index contributed by atoms with van der Waals surface area (Å²) in [4.78, 5) is 4.38. The highest BCUT2D eigenvalue weighted by Crippen LogP contribution is 2.22. The lowest BCUT2D eigenvalue weighted by Gasteiger charge is -2.09. The van der Waals surface area contributed by atoms with Gasteiger partial charge in [0.1, 0.15) is 5.82 Å². The molecule has 0 radical (unpaired) electrons. The fourth-order valence-electron chi connectivity index (χ4n) is 2.42. The highest BCUT2D eigenvalue weighted by atomic mass is 19.2. The second-order valence-electron chi connectivity index (χ2n) is 4.96. The lowest BCUT2D eigenvalue weighted by atomic mass is 10.2. The number of hydrogen-bond acceptors (Lipinski definition) is 2. The van der Waals surface area contributed by atoms with Crippen LogP contribution < -0.4 is 5.73 Å². The van der Waals surface area contributed by atoms with Crippen molar-refractivity contribution in [1.29, 1.82) is 0 Å². The van der Waals surface area contributed by atoms with E-state index in [0.717, 1.165) is 17.5 Å². The zero-order valence-electron chi connectivity index (χ0n) is 11.6. The molecular formula is C16H15F2N3. The number of benzene rings is 2. The zero-order chi connectivity index (χ0) is 15.0. The lowest BCUT2D eigenvalue weighted by molar-refractivity contribution is 0.510. The van der Waals surface area contributed by atoms with Crippen LogP contribution in [0.25, 0.3) is 11.0 Å². The number of aromatic nitrogens is 2. The summed E-state index contributed by atoms with van der Waals surface area (Å²) in [6.07, 6.45) is 0.687. The van der Waals surface area contributed by atoms with Crippen molar-refractivity contribution < 1.29 is 8.78 Å². The zero-order valence-corrected chi connectivity index (χ0v) is 11.6. The number of imidazole rings is 1. The van der Waals surface area contributed by atoms with Crippen LogP contribution in [-0.2, 0) is 13.0 Å². The fourth-order valence-corrected chi connectivity index (χ4v) is 2.42. The minimum Gasteiger partial charge on any atom is -0.399 e. The molecule has 0 aliphatic rings. The summed E-state index contributed by atoms with van der Waals surface area (Å²) in [7, 11) is 0. The largest absolute Gasteiger partial charge is 0.399 e. The van der Waals surface area contributed by atoms with Gasteiger partial charge in [0.25, 0.3) is 0 Å². The molecule has 0 atom stereocenters. The second kappa shape index (κ2) is 5.16. The molecule has 1 heterocycles. The molecule has 0 saturated heterocycles. The molecule has 0 fully saturated rings. The van der Waals surface area contributed by atoms with E-state index in [1.165, 1.54) is 6.07 Å². The van der Waals surface area contributed by atoms with Gasteiger partial charge in [0.2, 0.25) is 0 Å². The maximum absolute atomic E-state index is 13.5. The van der Waals surface area contributed by atoms with E-state index in [1.54, 1.807) is 0 Å². The summed E-state index contributed by atoms with van der Waals surface area (Å²) < 4.78 is 28.7. The summed E-state index contributed by atoms with van der Waals surface area (Å²) >= 11 is 0. The summed E-state index contributed by atoms with van der Waals surface area (Å²) in [6, 6.07) is 9.82. The van der Waals surface area contributed by atoms with Crippen molar-refractivity contribution in [3.63, 3.8) is 0 Å². The molecule has 0 amide bonds. The van der Waals surface area contributed by atoms with Gasteiger partial charge in [0.05, 0.1) is 11.0 Å². The predicted molar refractivity (Wildman–Crippen MR) is 79.0 cm³/mol. The molecule has 3 aromatic rings. The van der Waals surface area contributed by atoms with Crippen LogP contribution in [0, 0.1) is 11.6 Å². The van der Waals surface area contributed by atoms with Crippen molar-refractivity contribution in [3.8, 4) is 0 Å². The van der Waals surface area contributed by atoms with Crippen LogP contribution in [0.3, 0.4) is 0 Å². The number of anilines is 1. The Hall–Kier alpha value is -2.43. The maximum atomic E-state index is 13.5. The standard InChI is InChI=1S/C16H15F2N3/c1-2-16-20-14-7-12(17)13(18)8-15(14)21(16)9-10-3-5-11(19)6-4-10/h3-8H,2,9,19H2,1H3. The summed E-state index contributed by atoms with van der Waals surface area (Å²) in [5.74, 6) is -0.933. The number of rotatable bonds is 3. The Bertz CT molecular complexity index is 791. The molecule has 3 rings (SSSR count). The van der Waals surface area contributed by atoms with Crippen LogP contribution in [0.1, 0.15) is 18.3 Å². The molecular weight excluding hydrogens is 272 g/mol. The first-order chi connectivity index (χ1) is 10.1. The first-order valence-electron chi connectivity index (χ1n) is 6.77. The van der Waals surface area contributed by atoms with Crippen LogP contribution >= 0.6 is 0 Å². The Labute approximate surface area is 121 Å². The third-order valence-corrected chi connectivity index (χ3v) is 3.51. The van der Waals surface area contributed by atoms with E-state index in [9.17, 15) is 8.78 Å². The Morgan fingerprint density at radius 2 is 1.76 bits per heavy atom. The Kier molecular flexibility index (Phi) is 3.33. The number of nitrogens with zero attached hydrogens (tertiary/aromatic N) is 2. The second-order valence-corrected chi connectivity index (χ2v) is 4.96. The Morgan fingerprint density at radius 1 is 1.10 bits per heavy atom. The third-order valence-electron chi connectivity index (χ3n) is 3.51. The first kappa shape index (κ1) is 13.5. The number of nitrogens with two attached hydrogens (primary N) is 1. The molecule has 2 N–H and O–H groups in total. The molecule has 108 valence electrons. The van der Waals surface area contributed by atoms with Gasteiger partial charge in [-0.05, 0) is 17.7 Å². The van der Waals surface area contributed by atoms with Gasteiger partial charge in [-0.1, -0.05) is 19.1 Å². The SMILES string of the molecule is CCc1nc2cc(F)c(F)cc2n1Cc1ccc(N)cc1. The first-order valence-corrected chi connectivity index (χ1v) is 6.77. The van der Waals surface area contributed by atoms with Gasteiger partial charge in [0, 0.05) is 30.8 Å². The van der Waals surface area contributed by atoms with Gasteiger partial charge in [-0.15, -0.1) is 0 Å². The molecule has 2 aromatic carbocycles. The predicted octanol–water partition coefficient (Wildman–Crippen LogP) is 3.51. The Balaban J connectivity index is 2.11. The molecule has 0 aliphatic carbocycles. The highest BCUT2D eigenvalue weighted by Gasteiger charge is 2.13. The molecule has 0 aliphatic heterocycles. The van der Waals surface area contributed by atoms with E-state index in [2.05, 4.69) is 4.98 Å². The molecule has 1 aromatic heterocycles. The van der Waals surface area contributed by atoms with Gasteiger partial charge >= 0.3 is 0 Å². The van der Waals surface area contributed by atoms with E-state index in [1.807, 2.05) is 35.8 Å². The smallest absolute Gasteiger partial charge is 0.161 e. The van der Waals surface area contributed by atoms with E-state index in [4.69, 9.17) is 5.73 Å². The van der Waals surface area contributed by atoms with Gasteiger partial charge in [-0.25, -0.2) is 13.8 Å².